The second-order valence-electron chi connectivity index (χ2n) is 13.7. The maximum absolute atomic E-state index is 13.9. The van der Waals surface area contributed by atoms with Crippen LogP contribution in [0, 0.1) is 40.9 Å². The number of H-pyrrole nitrogens is 1. The molecule has 5 N–H and O–H groups in total. The third-order valence-electron chi connectivity index (χ3n) is 10.8. The van der Waals surface area contributed by atoms with Crippen LogP contribution in [0.15, 0.2) is 54.7 Å². The summed E-state index contributed by atoms with van der Waals surface area (Å²) in [4.78, 5) is 23.3. The number of hydrogen-bond acceptors (Lipinski definition) is 6. The van der Waals surface area contributed by atoms with Gasteiger partial charge in [-0.3, -0.25) is 9.63 Å². The average molecular weight is 599 g/mol. The molecule has 4 fully saturated rings. The van der Waals surface area contributed by atoms with Crippen LogP contribution in [0.1, 0.15) is 57.2 Å². The highest BCUT2D eigenvalue weighted by atomic mass is 16.7. The SMILES string of the molecule is C[C@H](O)[C@@H]1[C@H](CO)ON(Cc2cccc(C#CCNCc3c[nH]c4ccccc34)c2)[C@@H]1C(=O)N[C@H]1CC2CC([C@H]1C)C2(C)C. The highest BCUT2D eigenvalue weighted by molar-refractivity contribution is 5.83. The third kappa shape index (κ3) is 5.92. The number of aliphatic hydroxyl groups excluding tert-OH is 2. The summed E-state index contributed by atoms with van der Waals surface area (Å²) in [6.45, 7) is 9.96. The summed E-state index contributed by atoms with van der Waals surface area (Å²) in [5, 5.41) is 30.4. The van der Waals surface area contributed by atoms with Crippen LogP contribution in [0.3, 0.4) is 0 Å². The number of aromatic amines is 1. The molecule has 0 radical (unpaired) electrons. The second kappa shape index (κ2) is 12.7. The Morgan fingerprint density at radius 1 is 1.20 bits per heavy atom. The first-order valence-corrected chi connectivity index (χ1v) is 16.0. The lowest BCUT2D eigenvalue weighted by atomic mass is 9.45. The predicted molar refractivity (Wildman–Crippen MR) is 171 cm³/mol. The molecule has 44 heavy (non-hydrogen) atoms. The number of aliphatic hydroxyl groups is 2. The molecule has 1 aromatic heterocycles. The first-order valence-electron chi connectivity index (χ1n) is 16.0. The molecular weight excluding hydrogens is 552 g/mol. The highest BCUT2D eigenvalue weighted by Gasteiger charge is 2.57. The molecule has 2 bridgehead atoms. The smallest absolute Gasteiger partial charge is 0.240 e. The fourth-order valence-corrected chi connectivity index (χ4v) is 8.10. The van der Waals surface area contributed by atoms with E-state index in [4.69, 9.17) is 4.84 Å². The molecule has 1 saturated heterocycles. The van der Waals surface area contributed by atoms with Gasteiger partial charge in [0.25, 0.3) is 0 Å². The standard InChI is InChI=1S/C36H46N4O4/c1-22-29-16-27(36(29,3)4)17-31(22)39-35(43)34-33(23(2)42)32(21-41)44-40(34)20-25-10-7-9-24(15-25)11-8-14-37-18-26-19-38-30-13-6-5-12-28(26)30/h5-7,9-10,12-13,15,19,22-23,27,29,31-34,37-38,41-42H,14,16-18,20-21H2,1-4H3,(H,39,43)/t22-,23+,27?,29?,31+,32+,33-,34+/m1/s1. The van der Waals surface area contributed by atoms with Crippen LogP contribution in [-0.4, -0.2) is 63.6 Å². The van der Waals surface area contributed by atoms with Gasteiger partial charge >= 0.3 is 0 Å². The number of amides is 1. The minimum Gasteiger partial charge on any atom is -0.394 e. The number of fused-ring (bicyclic) bond motifs is 3. The van der Waals surface area contributed by atoms with Crippen LogP contribution in [0.2, 0.25) is 0 Å². The van der Waals surface area contributed by atoms with Crippen molar-refractivity contribution in [3.8, 4) is 11.8 Å². The van der Waals surface area contributed by atoms with Gasteiger partial charge in [0.15, 0.2) is 0 Å². The Bertz CT molecular complexity index is 1540. The van der Waals surface area contributed by atoms with Gasteiger partial charge in [-0.05, 0) is 72.3 Å². The van der Waals surface area contributed by atoms with Crippen molar-refractivity contribution in [2.75, 3.05) is 13.2 Å². The molecule has 8 heteroatoms. The van der Waals surface area contributed by atoms with E-state index < -0.39 is 24.2 Å². The molecule has 4 aliphatic rings. The van der Waals surface area contributed by atoms with Crippen LogP contribution in [-0.2, 0) is 22.7 Å². The molecule has 3 aliphatic carbocycles. The van der Waals surface area contributed by atoms with E-state index in [0.29, 0.717) is 36.3 Å². The zero-order valence-corrected chi connectivity index (χ0v) is 26.2. The zero-order valence-electron chi connectivity index (χ0n) is 26.2. The van der Waals surface area contributed by atoms with Gasteiger partial charge in [-0.25, -0.2) is 0 Å². The van der Waals surface area contributed by atoms with Crippen LogP contribution < -0.4 is 10.6 Å². The lowest BCUT2D eigenvalue weighted by molar-refractivity contribution is -0.183. The minimum absolute atomic E-state index is 0.104. The fraction of sp³-hybridized carbons (Fsp3) is 0.528. The van der Waals surface area contributed by atoms with Crippen LogP contribution >= 0.6 is 0 Å². The van der Waals surface area contributed by atoms with E-state index in [1.807, 2.05) is 42.6 Å². The summed E-state index contributed by atoms with van der Waals surface area (Å²) in [6.07, 6.45) is 2.77. The molecule has 3 aromatic rings. The largest absolute Gasteiger partial charge is 0.394 e. The van der Waals surface area contributed by atoms with Gasteiger partial charge in [-0.1, -0.05) is 62.9 Å². The summed E-state index contributed by atoms with van der Waals surface area (Å²) in [5.74, 6) is 7.39. The molecule has 2 aromatic carbocycles. The van der Waals surface area contributed by atoms with Crippen molar-refractivity contribution in [3.05, 3.63) is 71.4 Å². The molecular formula is C36H46N4O4. The Hall–Kier alpha value is -3.19. The Morgan fingerprint density at radius 2 is 2.02 bits per heavy atom. The second-order valence-corrected chi connectivity index (χ2v) is 13.7. The first-order chi connectivity index (χ1) is 21.2. The summed E-state index contributed by atoms with van der Waals surface area (Å²) in [7, 11) is 0. The molecule has 0 spiro atoms. The Morgan fingerprint density at radius 3 is 2.77 bits per heavy atom. The third-order valence-corrected chi connectivity index (χ3v) is 10.8. The Kier molecular flexibility index (Phi) is 8.87. The number of aromatic nitrogens is 1. The van der Waals surface area contributed by atoms with E-state index in [0.717, 1.165) is 29.6 Å². The van der Waals surface area contributed by atoms with Gasteiger partial charge in [0.05, 0.1) is 25.8 Å². The van der Waals surface area contributed by atoms with E-state index >= 15 is 0 Å². The number of benzene rings is 2. The molecule has 1 amide bonds. The van der Waals surface area contributed by atoms with Gasteiger partial charge in [0.1, 0.15) is 12.1 Å². The number of carbonyl (C=O) groups is 1. The van der Waals surface area contributed by atoms with Crippen LogP contribution in [0.5, 0.6) is 0 Å². The van der Waals surface area contributed by atoms with Gasteiger partial charge in [0.2, 0.25) is 5.91 Å². The maximum atomic E-state index is 13.9. The number of rotatable bonds is 9. The van der Waals surface area contributed by atoms with Crippen molar-refractivity contribution < 1.29 is 19.8 Å². The molecule has 7 rings (SSSR count). The van der Waals surface area contributed by atoms with Gasteiger partial charge < -0.3 is 25.8 Å². The zero-order chi connectivity index (χ0) is 31.0. The molecule has 1 aliphatic heterocycles. The van der Waals surface area contributed by atoms with Crippen LogP contribution in [0.4, 0.5) is 0 Å². The molecule has 8 atom stereocenters. The molecule has 234 valence electrons. The van der Waals surface area contributed by atoms with Gasteiger partial charge in [-0.2, -0.15) is 5.06 Å². The maximum Gasteiger partial charge on any atom is 0.240 e. The fourth-order valence-electron chi connectivity index (χ4n) is 8.10. The van der Waals surface area contributed by atoms with Crippen molar-refractivity contribution in [3.63, 3.8) is 0 Å². The molecule has 2 heterocycles. The van der Waals surface area contributed by atoms with E-state index in [1.54, 1.807) is 12.0 Å². The van der Waals surface area contributed by atoms with Crippen LogP contribution in [0.25, 0.3) is 10.9 Å². The number of nitrogens with one attached hydrogen (secondary N) is 3. The average Bonchev–Trinajstić information content (AvgIpc) is 3.59. The summed E-state index contributed by atoms with van der Waals surface area (Å²) in [6, 6.07) is 15.6. The Labute approximate surface area is 260 Å². The number of carbonyl (C=O) groups excluding carboxylic acids is 1. The minimum atomic E-state index is -0.821. The van der Waals surface area contributed by atoms with Crippen molar-refractivity contribution in [2.45, 2.75) is 77.9 Å². The van der Waals surface area contributed by atoms with Crippen molar-refractivity contribution in [1.29, 1.82) is 0 Å². The van der Waals surface area contributed by atoms with Gasteiger partial charge in [-0.15, -0.1) is 0 Å². The monoisotopic (exact) mass is 598 g/mol. The molecule has 3 saturated carbocycles. The van der Waals surface area contributed by atoms with Crippen molar-refractivity contribution in [1.82, 2.24) is 20.7 Å². The summed E-state index contributed by atoms with van der Waals surface area (Å²) in [5.41, 5.74) is 4.49. The Balaban J connectivity index is 1.10. The lowest BCUT2D eigenvalue weighted by Crippen LogP contribution is -2.62. The number of hydrogen-bond donors (Lipinski definition) is 5. The van der Waals surface area contributed by atoms with E-state index in [9.17, 15) is 15.0 Å². The molecule has 8 nitrogen and oxygen atoms in total. The quantitative estimate of drug-likeness (QED) is 0.188. The first kappa shape index (κ1) is 30.8. The highest BCUT2D eigenvalue weighted by Crippen LogP contribution is 2.61. The van der Waals surface area contributed by atoms with E-state index in [1.165, 1.54) is 17.4 Å². The summed E-state index contributed by atoms with van der Waals surface area (Å²) < 4.78 is 0. The normalized spacial score (nSPS) is 29.9. The summed E-state index contributed by atoms with van der Waals surface area (Å²) >= 11 is 0. The van der Waals surface area contributed by atoms with E-state index in [2.05, 4.69) is 60.4 Å². The van der Waals surface area contributed by atoms with Gasteiger partial charge in [0, 0.05) is 41.2 Å². The predicted octanol–water partition coefficient (Wildman–Crippen LogP) is 3.97. The number of nitrogens with zero attached hydrogens (tertiary/aromatic N) is 1. The van der Waals surface area contributed by atoms with Crippen molar-refractivity contribution in [2.24, 2.45) is 29.1 Å². The lowest BCUT2D eigenvalue weighted by Gasteiger charge is -2.62. The number of hydroxylamine groups is 2. The topological polar surface area (TPSA) is 110 Å². The van der Waals surface area contributed by atoms with E-state index in [-0.39, 0.29) is 18.6 Å². The molecule has 2 unspecified atom stereocenters. The van der Waals surface area contributed by atoms with Crippen molar-refractivity contribution >= 4 is 16.8 Å². The number of para-hydroxylation sites is 1.